The number of alkyl carbamates (subject to hydrolysis) is 1. The molecule has 0 aliphatic rings. The van der Waals surface area contributed by atoms with Gasteiger partial charge in [-0.15, -0.1) is 0 Å². The molecular formula is C15H21NO4. The Kier molecular flexibility index (Phi) is 5.55. The van der Waals surface area contributed by atoms with Crippen LogP contribution in [0.3, 0.4) is 0 Å². The lowest BCUT2D eigenvalue weighted by atomic mass is 10.1. The average Bonchev–Trinajstić information content (AvgIpc) is 2.34. The number of phenolic OH excluding ortho intramolecular Hbond substituents is 1. The highest BCUT2D eigenvalue weighted by Crippen LogP contribution is 2.17. The van der Waals surface area contributed by atoms with E-state index in [1.54, 1.807) is 39.0 Å². The fraction of sp³-hybridized carbons (Fsp3) is 0.467. The Hall–Kier alpha value is -2.04. The van der Waals surface area contributed by atoms with E-state index in [4.69, 9.17) is 4.74 Å². The van der Waals surface area contributed by atoms with Crippen molar-refractivity contribution in [3.05, 3.63) is 29.8 Å². The minimum absolute atomic E-state index is 0.189. The molecule has 0 fully saturated rings. The smallest absolute Gasteiger partial charge is 0.408 e. The van der Waals surface area contributed by atoms with E-state index < -0.39 is 17.7 Å². The summed E-state index contributed by atoms with van der Waals surface area (Å²) < 4.78 is 5.09. The fourth-order valence-corrected chi connectivity index (χ4v) is 1.67. The van der Waals surface area contributed by atoms with Crippen LogP contribution in [-0.4, -0.2) is 29.1 Å². The van der Waals surface area contributed by atoms with Crippen LogP contribution < -0.4 is 5.32 Å². The van der Waals surface area contributed by atoms with E-state index in [1.165, 1.54) is 0 Å². The van der Waals surface area contributed by atoms with Crippen LogP contribution in [0.15, 0.2) is 24.3 Å². The molecule has 0 radical (unpaired) electrons. The molecule has 1 rings (SSSR count). The molecule has 2 N–H and O–H groups in total. The molecule has 5 heteroatoms. The average molecular weight is 279 g/mol. The normalized spacial score (nSPS) is 12.6. The lowest BCUT2D eigenvalue weighted by Crippen LogP contribution is -2.40. The topological polar surface area (TPSA) is 75.6 Å². The molecule has 1 aromatic rings. The van der Waals surface area contributed by atoms with Crippen molar-refractivity contribution in [3.63, 3.8) is 0 Å². The molecule has 0 saturated heterocycles. The van der Waals surface area contributed by atoms with Gasteiger partial charge in [0.1, 0.15) is 17.6 Å². The van der Waals surface area contributed by atoms with Gasteiger partial charge in [0.15, 0.2) is 0 Å². The Morgan fingerprint density at radius 2 is 2.05 bits per heavy atom. The number of nitrogens with one attached hydrogen (secondary N) is 1. The Labute approximate surface area is 118 Å². The Balaban J connectivity index is 2.50. The second-order valence-corrected chi connectivity index (χ2v) is 5.56. The number of aldehydes is 1. The van der Waals surface area contributed by atoms with Gasteiger partial charge in [0, 0.05) is 0 Å². The lowest BCUT2D eigenvalue weighted by molar-refractivity contribution is -0.109. The standard InChI is InChI=1S/C15H21NO4/c1-15(2,3)20-14(19)16-12(10-17)9-8-11-6-4-5-7-13(11)18/h4-7,10,12,18H,8-9H2,1-3H3,(H,16,19). The number of para-hydroxylation sites is 1. The van der Waals surface area contributed by atoms with Gasteiger partial charge in [0.25, 0.3) is 0 Å². The second-order valence-electron chi connectivity index (χ2n) is 5.56. The van der Waals surface area contributed by atoms with Gasteiger partial charge >= 0.3 is 6.09 Å². The first-order valence-corrected chi connectivity index (χ1v) is 6.53. The van der Waals surface area contributed by atoms with Gasteiger partial charge in [-0.05, 0) is 45.2 Å². The fourth-order valence-electron chi connectivity index (χ4n) is 1.67. The van der Waals surface area contributed by atoms with E-state index in [9.17, 15) is 14.7 Å². The highest BCUT2D eigenvalue weighted by atomic mass is 16.6. The molecule has 1 unspecified atom stereocenters. The summed E-state index contributed by atoms with van der Waals surface area (Å²) in [6.45, 7) is 5.26. The van der Waals surface area contributed by atoms with Gasteiger partial charge in [-0.1, -0.05) is 18.2 Å². The van der Waals surface area contributed by atoms with Crippen LogP contribution in [0.25, 0.3) is 0 Å². The molecule has 0 aromatic heterocycles. The summed E-state index contributed by atoms with van der Waals surface area (Å²) in [5.41, 5.74) is 0.139. The first-order valence-electron chi connectivity index (χ1n) is 6.53. The highest BCUT2D eigenvalue weighted by molar-refractivity contribution is 5.73. The van der Waals surface area contributed by atoms with Crippen LogP contribution in [0.1, 0.15) is 32.8 Å². The zero-order valence-electron chi connectivity index (χ0n) is 12.1. The van der Waals surface area contributed by atoms with Gasteiger partial charge in [0.05, 0.1) is 6.04 Å². The molecule has 5 nitrogen and oxygen atoms in total. The van der Waals surface area contributed by atoms with Gasteiger partial charge in [-0.3, -0.25) is 0 Å². The van der Waals surface area contributed by atoms with Gasteiger partial charge in [-0.25, -0.2) is 4.79 Å². The molecule has 0 spiro atoms. The van der Waals surface area contributed by atoms with Crippen molar-refractivity contribution < 1.29 is 19.4 Å². The first-order chi connectivity index (χ1) is 9.31. The maximum Gasteiger partial charge on any atom is 0.408 e. The maximum atomic E-state index is 11.6. The van der Waals surface area contributed by atoms with E-state index in [0.717, 1.165) is 5.56 Å². The summed E-state index contributed by atoms with van der Waals surface area (Å²) in [6.07, 6.45) is 0.947. The van der Waals surface area contributed by atoms with Crippen molar-refractivity contribution >= 4 is 12.4 Å². The lowest BCUT2D eigenvalue weighted by Gasteiger charge is -2.21. The summed E-state index contributed by atoms with van der Waals surface area (Å²) in [4.78, 5) is 22.5. The van der Waals surface area contributed by atoms with Gasteiger partial charge in [-0.2, -0.15) is 0 Å². The molecule has 1 atom stereocenters. The maximum absolute atomic E-state index is 11.6. The Morgan fingerprint density at radius 3 is 2.60 bits per heavy atom. The molecule has 0 aliphatic heterocycles. The van der Waals surface area contributed by atoms with Gasteiger partial charge < -0.3 is 20.0 Å². The zero-order chi connectivity index (χ0) is 15.2. The highest BCUT2D eigenvalue weighted by Gasteiger charge is 2.19. The van der Waals surface area contributed by atoms with Crippen LogP contribution >= 0.6 is 0 Å². The number of ether oxygens (including phenoxy) is 1. The number of rotatable bonds is 5. The van der Waals surface area contributed by atoms with Crippen LogP contribution in [-0.2, 0) is 16.0 Å². The molecule has 20 heavy (non-hydrogen) atoms. The molecular weight excluding hydrogens is 258 g/mol. The van der Waals surface area contributed by atoms with E-state index in [-0.39, 0.29) is 5.75 Å². The molecule has 0 saturated carbocycles. The van der Waals surface area contributed by atoms with E-state index in [1.807, 2.05) is 6.07 Å². The predicted molar refractivity (Wildman–Crippen MR) is 75.6 cm³/mol. The third-order valence-corrected chi connectivity index (χ3v) is 2.58. The summed E-state index contributed by atoms with van der Waals surface area (Å²) in [5.74, 6) is 0.189. The number of amides is 1. The molecule has 0 aliphatic carbocycles. The largest absolute Gasteiger partial charge is 0.508 e. The van der Waals surface area contributed by atoms with Crippen LogP contribution in [0.2, 0.25) is 0 Å². The van der Waals surface area contributed by atoms with E-state index in [0.29, 0.717) is 19.1 Å². The zero-order valence-corrected chi connectivity index (χ0v) is 12.1. The van der Waals surface area contributed by atoms with Crippen molar-refractivity contribution in [2.45, 2.75) is 45.3 Å². The molecule has 0 bridgehead atoms. The molecule has 1 aromatic carbocycles. The predicted octanol–water partition coefficient (Wildman–Crippen LogP) is 2.42. The number of phenols is 1. The number of aromatic hydroxyl groups is 1. The third kappa shape index (κ3) is 5.73. The number of benzene rings is 1. The monoisotopic (exact) mass is 279 g/mol. The second kappa shape index (κ2) is 6.93. The number of hydrogen-bond donors (Lipinski definition) is 2. The van der Waals surface area contributed by atoms with Crippen molar-refractivity contribution in [2.24, 2.45) is 0 Å². The number of aryl methyl sites for hydroxylation is 1. The summed E-state index contributed by atoms with van der Waals surface area (Å²) in [5, 5.41) is 12.1. The van der Waals surface area contributed by atoms with Crippen LogP contribution in [0, 0.1) is 0 Å². The third-order valence-electron chi connectivity index (χ3n) is 2.58. The van der Waals surface area contributed by atoms with Crippen molar-refractivity contribution in [2.75, 3.05) is 0 Å². The molecule has 0 heterocycles. The minimum Gasteiger partial charge on any atom is -0.508 e. The number of hydrogen-bond acceptors (Lipinski definition) is 4. The summed E-state index contributed by atoms with van der Waals surface area (Å²) in [6, 6.07) is 6.28. The SMILES string of the molecule is CC(C)(C)OC(=O)NC(C=O)CCc1ccccc1O. The summed E-state index contributed by atoms with van der Waals surface area (Å²) in [7, 11) is 0. The molecule has 1 amide bonds. The van der Waals surface area contributed by atoms with Crippen LogP contribution in [0.5, 0.6) is 5.75 Å². The van der Waals surface area contributed by atoms with Crippen molar-refractivity contribution in [3.8, 4) is 5.75 Å². The minimum atomic E-state index is -0.635. The van der Waals surface area contributed by atoms with E-state index >= 15 is 0 Å². The van der Waals surface area contributed by atoms with E-state index in [2.05, 4.69) is 5.32 Å². The Morgan fingerprint density at radius 1 is 1.40 bits per heavy atom. The van der Waals surface area contributed by atoms with Gasteiger partial charge in [0.2, 0.25) is 0 Å². The number of carbonyl (C=O) groups is 2. The quantitative estimate of drug-likeness (QED) is 0.812. The Bertz CT molecular complexity index is 465. The van der Waals surface area contributed by atoms with Crippen LogP contribution in [0.4, 0.5) is 4.79 Å². The molecule has 110 valence electrons. The van der Waals surface area contributed by atoms with Crippen molar-refractivity contribution in [1.82, 2.24) is 5.32 Å². The number of carbonyl (C=O) groups excluding carboxylic acids is 2. The van der Waals surface area contributed by atoms with Crippen molar-refractivity contribution in [1.29, 1.82) is 0 Å². The first kappa shape index (κ1) is 16.0. The summed E-state index contributed by atoms with van der Waals surface area (Å²) >= 11 is 0.